The molecule has 0 fully saturated rings. The van der Waals surface area contributed by atoms with Crippen molar-refractivity contribution in [3.63, 3.8) is 0 Å². The van der Waals surface area contributed by atoms with Crippen LogP contribution in [0.2, 0.25) is 0 Å². The summed E-state index contributed by atoms with van der Waals surface area (Å²) >= 11 is 1.25. The van der Waals surface area contributed by atoms with E-state index in [2.05, 4.69) is 5.16 Å². The van der Waals surface area contributed by atoms with Crippen LogP contribution in [0, 0.1) is 0 Å². The summed E-state index contributed by atoms with van der Waals surface area (Å²) in [4.78, 5) is 14.9. The van der Waals surface area contributed by atoms with Crippen LogP contribution in [0.25, 0.3) is 0 Å². The second-order valence-electron chi connectivity index (χ2n) is 2.20. The van der Waals surface area contributed by atoms with Gasteiger partial charge in [-0.1, -0.05) is 16.9 Å². The molecule has 0 aliphatic rings. The summed E-state index contributed by atoms with van der Waals surface area (Å²) in [7, 11) is 0. The summed E-state index contributed by atoms with van der Waals surface area (Å²) in [6.45, 7) is 0.148. The molecule has 0 radical (unpaired) electrons. The molecule has 0 unspecified atom stereocenters. The number of hydrogen-bond donors (Lipinski definition) is 3. The highest BCUT2D eigenvalue weighted by Crippen LogP contribution is 1.94. The lowest BCUT2D eigenvalue weighted by Crippen LogP contribution is -2.31. The SMILES string of the molecule is CS/C(N)=N/OCC[C@H](N)C(=O)O. The first kappa shape index (κ1) is 12.0. The Bertz CT molecular complexity index is 198. The van der Waals surface area contributed by atoms with E-state index in [1.807, 2.05) is 0 Å². The Hall–Kier alpha value is -0.950. The molecular formula is C6H13N3O3S. The molecule has 76 valence electrons. The number of carboxylic acid groups (broad SMARTS) is 1. The Labute approximate surface area is 80.3 Å². The third-order valence-electron chi connectivity index (χ3n) is 1.20. The van der Waals surface area contributed by atoms with Gasteiger partial charge in [0.1, 0.15) is 12.6 Å². The fourth-order valence-electron chi connectivity index (χ4n) is 0.450. The number of oxime groups is 1. The van der Waals surface area contributed by atoms with E-state index < -0.39 is 12.0 Å². The Balaban J connectivity index is 3.51. The van der Waals surface area contributed by atoms with Crippen molar-refractivity contribution in [3.8, 4) is 0 Å². The second-order valence-corrected chi connectivity index (χ2v) is 3.03. The lowest BCUT2D eigenvalue weighted by Gasteiger charge is -2.04. The van der Waals surface area contributed by atoms with Gasteiger partial charge in [-0.15, -0.1) is 0 Å². The number of nitrogens with two attached hydrogens (primary N) is 2. The molecule has 1 atom stereocenters. The van der Waals surface area contributed by atoms with Crippen molar-refractivity contribution >= 4 is 22.9 Å². The normalized spacial score (nSPS) is 13.8. The van der Waals surface area contributed by atoms with Crippen molar-refractivity contribution in [2.75, 3.05) is 12.9 Å². The van der Waals surface area contributed by atoms with E-state index >= 15 is 0 Å². The maximum Gasteiger partial charge on any atom is 0.320 e. The molecule has 6 nitrogen and oxygen atoms in total. The number of carbonyl (C=O) groups is 1. The van der Waals surface area contributed by atoms with E-state index in [4.69, 9.17) is 21.4 Å². The lowest BCUT2D eigenvalue weighted by molar-refractivity contribution is -0.139. The zero-order valence-electron chi connectivity index (χ0n) is 7.27. The van der Waals surface area contributed by atoms with Crippen molar-refractivity contribution in [1.82, 2.24) is 0 Å². The summed E-state index contributed by atoms with van der Waals surface area (Å²) < 4.78 is 0. The molecule has 13 heavy (non-hydrogen) atoms. The molecule has 0 amide bonds. The summed E-state index contributed by atoms with van der Waals surface area (Å²) in [6.07, 6.45) is 1.96. The van der Waals surface area contributed by atoms with Crippen LogP contribution in [0.3, 0.4) is 0 Å². The van der Waals surface area contributed by atoms with Gasteiger partial charge in [-0.05, 0) is 6.26 Å². The first-order valence-electron chi connectivity index (χ1n) is 3.55. The van der Waals surface area contributed by atoms with Crippen LogP contribution in [0.4, 0.5) is 0 Å². The zero-order chi connectivity index (χ0) is 10.3. The topological polar surface area (TPSA) is 111 Å². The first-order chi connectivity index (χ1) is 6.07. The Kier molecular flexibility index (Phi) is 6.07. The molecule has 0 aromatic rings. The molecule has 0 heterocycles. The van der Waals surface area contributed by atoms with Crippen molar-refractivity contribution in [1.29, 1.82) is 0 Å². The van der Waals surface area contributed by atoms with Crippen molar-refractivity contribution in [2.24, 2.45) is 16.6 Å². The monoisotopic (exact) mass is 207 g/mol. The molecule has 5 N–H and O–H groups in total. The number of hydrogen-bond acceptors (Lipinski definition) is 5. The average molecular weight is 207 g/mol. The molecule has 0 saturated heterocycles. The molecule has 0 saturated carbocycles. The van der Waals surface area contributed by atoms with Gasteiger partial charge in [-0.25, -0.2) is 0 Å². The van der Waals surface area contributed by atoms with Gasteiger partial charge >= 0.3 is 5.97 Å². The average Bonchev–Trinajstić information content (AvgIpc) is 2.11. The van der Waals surface area contributed by atoms with Gasteiger partial charge in [0.2, 0.25) is 0 Å². The van der Waals surface area contributed by atoms with Crippen molar-refractivity contribution in [2.45, 2.75) is 12.5 Å². The highest BCUT2D eigenvalue weighted by molar-refractivity contribution is 8.13. The predicted molar refractivity (Wildman–Crippen MR) is 51.3 cm³/mol. The Morgan fingerprint density at radius 3 is 2.85 bits per heavy atom. The summed E-state index contributed by atoms with van der Waals surface area (Å²) in [5, 5.41) is 12.2. The summed E-state index contributed by atoms with van der Waals surface area (Å²) in [5.74, 6) is -1.05. The minimum Gasteiger partial charge on any atom is -0.480 e. The van der Waals surface area contributed by atoms with Crippen molar-refractivity contribution < 1.29 is 14.7 Å². The third-order valence-corrected chi connectivity index (χ3v) is 1.69. The third kappa shape index (κ3) is 6.23. The standard InChI is InChI=1S/C6H13N3O3S/c1-13-6(8)9-12-3-2-4(7)5(10)11/h4H,2-3,7H2,1H3,(H2,8,9)(H,10,11)/t4-/m0/s1. The fraction of sp³-hybridized carbons (Fsp3) is 0.667. The van der Waals surface area contributed by atoms with Crippen LogP contribution >= 0.6 is 11.8 Å². The Morgan fingerprint density at radius 1 is 1.77 bits per heavy atom. The van der Waals surface area contributed by atoms with E-state index in [-0.39, 0.29) is 13.0 Å². The molecule has 0 bridgehead atoms. The molecule has 7 heteroatoms. The van der Waals surface area contributed by atoms with E-state index in [0.29, 0.717) is 5.17 Å². The van der Waals surface area contributed by atoms with E-state index in [0.717, 1.165) is 0 Å². The minimum absolute atomic E-state index is 0.148. The van der Waals surface area contributed by atoms with Gasteiger partial charge in [0, 0.05) is 6.42 Å². The largest absolute Gasteiger partial charge is 0.480 e. The van der Waals surface area contributed by atoms with Gasteiger partial charge in [0.05, 0.1) is 0 Å². The number of amidine groups is 1. The van der Waals surface area contributed by atoms with E-state index in [1.54, 1.807) is 6.26 Å². The van der Waals surface area contributed by atoms with Crippen LogP contribution in [-0.2, 0) is 9.63 Å². The van der Waals surface area contributed by atoms with Crippen LogP contribution in [0.15, 0.2) is 5.16 Å². The van der Waals surface area contributed by atoms with Crippen LogP contribution in [0.5, 0.6) is 0 Å². The maximum atomic E-state index is 10.2. The van der Waals surface area contributed by atoms with Crippen molar-refractivity contribution in [3.05, 3.63) is 0 Å². The lowest BCUT2D eigenvalue weighted by atomic mass is 10.2. The number of rotatable bonds is 5. The molecule has 0 rings (SSSR count). The van der Waals surface area contributed by atoms with Gasteiger partial charge < -0.3 is 21.4 Å². The fourth-order valence-corrected chi connectivity index (χ4v) is 0.577. The molecule has 0 spiro atoms. The summed E-state index contributed by atoms with van der Waals surface area (Å²) in [6, 6.07) is -0.911. The summed E-state index contributed by atoms with van der Waals surface area (Å²) in [5.41, 5.74) is 10.5. The van der Waals surface area contributed by atoms with Gasteiger partial charge in [0.15, 0.2) is 5.17 Å². The molecule has 0 aromatic heterocycles. The number of nitrogens with zero attached hydrogens (tertiary/aromatic N) is 1. The van der Waals surface area contributed by atoms with E-state index in [9.17, 15) is 4.79 Å². The molecular weight excluding hydrogens is 194 g/mol. The van der Waals surface area contributed by atoms with Crippen LogP contribution in [0.1, 0.15) is 6.42 Å². The highest BCUT2D eigenvalue weighted by Gasteiger charge is 2.10. The van der Waals surface area contributed by atoms with Gasteiger partial charge in [0.25, 0.3) is 0 Å². The maximum absolute atomic E-state index is 10.2. The second kappa shape index (κ2) is 6.55. The van der Waals surface area contributed by atoms with E-state index in [1.165, 1.54) is 11.8 Å². The number of aliphatic carboxylic acids is 1. The Morgan fingerprint density at radius 2 is 2.38 bits per heavy atom. The minimum atomic E-state index is -1.05. The molecule has 0 aliphatic heterocycles. The number of thioether (sulfide) groups is 1. The molecule has 0 aliphatic carbocycles. The zero-order valence-corrected chi connectivity index (χ0v) is 8.08. The smallest absolute Gasteiger partial charge is 0.320 e. The van der Waals surface area contributed by atoms with Gasteiger partial charge in [-0.3, -0.25) is 4.79 Å². The molecule has 0 aromatic carbocycles. The quantitative estimate of drug-likeness (QED) is 0.240. The number of carboxylic acids is 1. The highest BCUT2D eigenvalue weighted by atomic mass is 32.2. The van der Waals surface area contributed by atoms with Crippen LogP contribution in [-0.4, -0.2) is 35.1 Å². The van der Waals surface area contributed by atoms with Crippen LogP contribution < -0.4 is 11.5 Å². The first-order valence-corrected chi connectivity index (χ1v) is 4.78. The van der Waals surface area contributed by atoms with Gasteiger partial charge in [-0.2, -0.15) is 0 Å². The predicted octanol–water partition coefficient (Wildman–Crippen LogP) is -0.602.